The van der Waals surface area contributed by atoms with Gasteiger partial charge in [-0.15, -0.1) is 0 Å². The number of benzene rings is 1. The number of nitrogens with one attached hydrogen (secondary N) is 1. The number of rotatable bonds is 7. The number of fused-ring (bicyclic) bond motifs is 4. The van der Waals surface area contributed by atoms with E-state index in [9.17, 15) is 4.79 Å². The van der Waals surface area contributed by atoms with E-state index in [0.717, 1.165) is 5.56 Å². The predicted molar refractivity (Wildman–Crippen MR) is 104 cm³/mol. The molecule has 27 heavy (non-hydrogen) atoms. The molecular weight excluding hydrogens is 368 g/mol. The summed E-state index contributed by atoms with van der Waals surface area (Å²) in [6.45, 7) is 7.32. The van der Waals surface area contributed by atoms with Crippen molar-refractivity contribution in [2.24, 2.45) is 5.92 Å². The van der Waals surface area contributed by atoms with E-state index in [1.54, 1.807) is 14.0 Å². The SMILES string of the molecule is CCOC(=O)[C@@H]1[C@@H]2NC(=S)N(CCOC)[C@]1(C)Oc1c(OCC)cccc12. The number of hydrogen-bond donors (Lipinski definition) is 1. The Balaban J connectivity index is 2.12. The molecule has 0 spiro atoms. The second kappa shape index (κ2) is 7.90. The molecular formula is C19H26N2O5S. The number of ether oxygens (including phenoxy) is 4. The second-order valence-electron chi connectivity index (χ2n) is 6.57. The normalized spacial score (nSPS) is 25.9. The molecule has 1 fully saturated rings. The average Bonchev–Trinajstić information content (AvgIpc) is 2.62. The minimum Gasteiger partial charge on any atom is -0.490 e. The van der Waals surface area contributed by atoms with Crippen LogP contribution < -0.4 is 14.8 Å². The maximum absolute atomic E-state index is 12.9. The lowest BCUT2D eigenvalue weighted by Gasteiger charge is -2.55. The summed E-state index contributed by atoms with van der Waals surface area (Å²) in [6, 6.07) is 5.32. The third kappa shape index (κ3) is 3.32. The molecule has 3 atom stereocenters. The Bertz CT molecular complexity index is 728. The maximum Gasteiger partial charge on any atom is 0.317 e. The molecule has 2 aliphatic heterocycles. The zero-order valence-electron chi connectivity index (χ0n) is 16.1. The summed E-state index contributed by atoms with van der Waals surface area (Å²) in [5.41, 5.74) is -0.178. The van der Waals surface area contributed by atoms with Crippen molar-refractivity contribution in [3.8, 4) is 11.5 Å². The van der Waals surface area contributed by atoms with E-state index < -0.39 is 11.6 Å². The first kappa shape index (κ1) is 19.7. The fourth-order valence-electron chi connectivity index (χ4n) is 3.80. The molecule has 0 aromatic heterocycles. The Morgan fingerprint density at radius 3 is 2.81 bits per heavy atom. The highest BCUT2D eigenvalue weighted by molar-refractivity contribution is 7.80. The Labute approximate surface area is 164 Å². The number of carbonyl (C=O) groups is 1. The van der Waals surface area contributed by atoms with Crippen LogP contribution in [0.15, 0.2) is 18.2 Å². The van der Waals surface area contributed by atoms with Gasteiger partial charge in [0.1, 0.15) is 5.92 Å². The molecule has 0 amide bonds. The number of carbonyl (C=O) groups excluding carboxylic acids is 1. The van der Waals surface area contributed by atoms with Gasteiger partial charge in [-0.3, -0.25) is 4.79 Å². The highest BCUT2D eigenvalue weighted by Gasteiger charge is 2.59. The largest absolute Gasteiger partial charge is 0.490 e. The monoisotopic (exact) mass is 394 g/mol. The number of nitrogens with zero attached hydrogens (tertiary/aromatic N) is 1. The van der Waals surface area contributed by atoms with Crippen LogP contribution in [0.3, 0.4) is 0 Å². The van der Waals surface area contributed by atoms with Gasteiger partial charge in [0, 0.05) is 19.2 Å². The van der Waals surface area contributed by atoms with Gasteiger partial charge in [0.15, 0.2) is 22.3 Å². The molecule has 0 unspecified atom stereocenters. The third-order valence-electron chi connectivity index (χ3n) is 4.98. The van der Waals surface area contributed by atoms with Crippen molar-refractivity contribution >= 4 is 23.3 Å². The van der Waals surface area contributed by atoms with Crippen molar-refractivity contribution in [2.75, 3.05) is 33.5 Å². The summed E-state index contributed by atoms with van der Waals surface area (Å²) in [6.07, 6.45) is 0. The summed E-state index contributed by atoms with van der Waals surface area (Å²) < 4.78 is 22.8. The fraction of sp³-hybridized carbons (Fsp3) is 0.579. The van der Waals surface area contributed by atoms with Crippen LogP contribution in [0.1, 0.15) is 32.4 Å². The lowest BCUT2D eigenvalue weighted by molar-refractivity contribution is -0.176. The van der Waals surface area contributed by atoms with Gasteiger partial charge in [0.2, 0.25) is 0 Å². The first-order valence-electron chi connectivity index (χ1n) is 9.16. The van der Waals surface area contributed by atoms with Crippen LogP contribution in [-0.2, 0) is 14.3 Å². The summed E-state index contributed by atoms with van der Waals surface area (Å²) >= 11 is 5.58. The predicted octanol–water partition coefficient (Wildman–Crippen LogP) is 2.25. The summed E-state index contributed by atoms with van der Waals surface area (Å²) in [5.74, 6) is 0.361. The van der Waals surface area contributed by atoms with E-state index in [0.29, 0.717) is 43.0 Å². The lowest BCUT2D eigenvalue weighted by atomic mass is 9.79. The smallest absolute Gasteiger partial charge is 0.317 e. The van der Waals surface area contributed by atoms with E-state index in [-0.39, 0.29) is 12.0 Å². The second-order valence-corrected chi connectivity index (χ2v) is 6.95. The molecule has 0 saturated carbocycles. The van der Waals surface area contributed by atoms with Crippen LogP contribution in [0.4, 0.5) is 0 Å². The number of methoxy groups -OCH3 is 1. The summed E-state index contributed by atoms with van der Waals surface area (Å²) in [5, 5.41) is 3.83. The van der Waals surface area contributed by atoms with E-state index in [1.807, 2.05) is 36.9 Å². The van der Waals surface area contributed by atoms with E-state index in [1.165, 1.54) is 0 Å². The molecule has 0 radical (unpaired) electrons. The van der Waals surface area contributed by atoms with E-state index >= 15 is 0 Å². The van der Waals surface area contributed by atoms with Crippen LogP contribution in [0.25, 0.3) is 0 Å². The van der Waals surface area contributed by atoms with Crippen molar-refractivity contribution in [1.82, 2.24) is 10.2 Å². The van der Waals surface area contributed by atoms with Gasteiger partial charge < -0.3 is 29.2 Å². The molecule has 8 heteroatoms. The summed E-state index contributed by atoms with van der Waals surface area (Å²) in [7, 11) is 1.62. The van der Waals surface area contributed by atoms with Gasteiger partial charge >= 0.3 is 5.97 Å². The zero-order valence-corrected chi connectivity index (χ0v) is 16.9. The van der Waals surface area contributed by atoms with Gasteiger partial charge in [0.25, 0.3) is 0 Å². The Morgan fingerprint density at radius 2 is 2.15 bits per heavy atom. The van der Waals surface area contributed by atoms with Crippen LogP contribution >= 0.6 is 12.2 Å². The van der Waals surface area contributed by atoms with Crippen molar-refractivity contribution < 1.29 is 23.7 Å². The molecule has 1 aromatic carbocycles. The Morgan fingerprint density at radius 1 is 1.37 bits per heavy atom. The van der Waals surface area contributed by atoms with Crippen molar-refractivity contribution in [2.45, 2.75) is 32.5 Å². The molecule has 148 valence electrons. The van der Waals surface area contributed by atoms with Crippen molar-refractivity contribution in [3.63, 3.8) is 0 Å². The standard InChI is InChI=1S/C19H26N2O5S/c1-5-24-13-9-7-8-12-15-14(17(22)25-6-2)19(3,26-16(12)13)21(10-11-23-4)18(27)20-15/h7-9,14-15H,5-6,10-11H2,1-4H3,(H,20,27)/t14-,15+,19+/m0/s1. The lowest BCUT2D eigenvalue weighted by Crippen LogP contribution is -2.71. The van der Waals surface area contributed by atoms with Gasteiger partial charge in [-0.25, -0.2) is 0 Å². The fourth-order valence-corrected chi connectivity index (χ4v) is 4.20. The first-order valence-corrected chi connectivity index (χ1v) is 9.57. The molecule has 1 N–H and O–H groups in total. The highest BCUT2D eigenvalue weighted by atomic mass is 32.1. The number of para-hydroxylation sites is 1. The van der Waals surface area contributed by atoms with Gasteiger partial charge in [-0.1, -0.05) is 12.1 Å². The number of thiocarbonyl (C=S) groups is 1. The van der Waals surface area contributed by atoms with Crippen molar-refractivity contribution in [3.05, 3.63) is 23.8 Å². The molecule has 2 bridgehead atoms. The zero-order chi connectivity index (χ0) is 19.6. The van der Waals surface area contributed by atoms with Crippen LogP contribution in [-0.4, -0.2) is 55.2 Å². The van der Waals surface area contributed by atoms with Crippen molar-refractivity contribution in [1.29, 1.82) is 0 Å². The van der Waals surface area contributed by atoms with Gasteiger partial charge in [-0.05, 0) is 39.1 Å². The molecule has 1 aromatic rings. The summed E-state index contributed by atoms with van der Waals surface area (Å²) in [4.78, 5) is 14.7. The quantitative estimate of drug-likeness (QED) is 0.558. The van der Waals surface area contributed by atoms with Gasteiger partial charge in [-0.2, -0.15) is 0 Å². The van der Waals surface area contributed by atoms with Crippen LogP contribution in [0.5, 0.6) is 11.5 Å². The Kier molecular flexibility index (Phi) is 5.76. The van der Waals surface area contributed by atoms with Crippen LogP contribution in [0, 0.1) is 5.92 Å². The van der Waals surface area contributed by atoms with Gasteiger partial charge in [0.05, 0.1) is 25.9 Å². The average molecular weight is 394 g/mol. The molecule has 7 nitrogen and oxygen atoms in total. The highest BCUT2D eigenvalue weighted by Crippen LogP contribution is 2.51. The number of esters is 1. The topological polar surface area (TPSA) is 69.3 Å². The number of hydrogen-bond acceptors (Lipinski definition) is 6. The van der Waals surface area contributed by atoms with Crippen LogP contribution in [0.2, 0.25) is 0 Å². The molecule has 0 aliphatic carbocycles. The molecule has 2 aliphatic rings. The minimum atomic E-state index is -1.02. The third-order valence-corrected chi connectivity index (χ3v) is 5.32. The minimum absolute atomic E-state index is 0.298. The molecule has 3 rings (SSSR count). The Hall–Kier alpha value is -2.06. The molecule has 2 heterocycles. The van der Waals surface area contributed by atoms with E-state index in [4.69, 9.17) is 31.2 Å². The first-order chi connectivity index (χ1) is 13.0. The molecule has 1 saturated heterocycles. The maximum atomic E-state index is 12.9. The van der Waals surface area contributed by atoms with E-state index in [2.05, 4.69) is 5.32 Å².